The smallest absolute Gasteiger partial charge is 0.234 e. The van der Waals surface area contributed by atoms with Gasteiger partial charge in [0.05, 0.1) is 6.04 Å². The van der Waals surface area contributed by atoms with E-state index in [0.717, 1.165) is 45.1 Å². The molecule has 1 saturated carbocycles. The van der Waals surface area contributed by atoms with Crippen LogP contribution in [-0.2, 0) is 4.79 Å². The van der Waals surface area contributed by atoms with Crippen LogP contribution < -0.4 is 11.1 Å². The third kappa shape index (κ3) is 5.24. The summed E-state index contributed by atoms with van der Waals surface area (Å²) in [4.78, 5) is 16.6. The van der Waals surface area contributed by atoms with Crippen molar-refractivity contribution in [1.82, 2.24) is 15.1 Å². The number of carbonyl (C=O) groups excluding carboxylic acids is 1. The summed E-state index contributed by atoms with van der Waals surface area (Å²) in [6, 6.07) is 0.676. The summed E-state index contributed by atoms with van der Waals surface area (Å²) in [7, 11) is 0. The lowest BCUT2D eigenvalue weighted by molar-refractivity contribution is -0.120. The average Bonchev–Trinajstić information content (AvgIpc) is 3.02. The third-order valence-electron chi connectivity index (χ3n) is 4.97. The molecule has 2 fully saturated rings. The van der Waals surface area contributed by atoms with Crippen molar-refractivity contribution in [2.45, 2.75) is 57.5 Å². The van der Waals surface area contributed by atoms with Crippen molar-refractivity contribution in [3.8, 4) is 0 Å². The minimum Gasteiger partial charge on any atom is -0.368 e. The molecule has 0 aromatic rings. The first-order valence-corrected chi connectivity index (χ1v) is 8.69. The molecular weight excluding hydrogens is 264 g/mol. The van der Waals surface area contributed by atoms with Gasteiger partial charge in [-0.3, -0.25) is 9.69 Å². The van der Waals surface area contributed by atoms with E-state index in [0.29, 0.717) is 0 Å². The van der Waals surface area contributed by atoms with Gasteiger partial charge in [0.25, 0.3) is 0 Å². The van der Waals surface area contributed by atoms with Crippen molar-refractivity contribution in [1.29, 1.82) is 0 Å². The number of nitrogens with one attached hydrogen (secondary N) is 1. The molecule has 1 heterocycles. The molecule has 0 aromatic carbocycles. The molecule has 0 bridgehead atoms. The molecular formula is C16H32N4O. The number of piperazine rings is 1. The molecule has 5 heteroatoms. The predicted octanol–water partition coefficient (Wildman–Crippen LogP) is 0.790. The minimum atomic E-state index is -0.215. The summed E-state index contributed by atoms with van der Waals surface area (Å²) in [6.45, 7) is 8.59. The van der Waals surface area contributed by atoms with E-state index < -0.39 is 0 Å². The molecule has 1 atom stereocenters. The number of nitrogens with two attached hydrogens (primary N) is 1. The number of rotatable bonds is 8. The van der Waals surface area contributed by atoms with Gasteiger partial charge in [-0.15, -0.1) is 0 Å². The van der Waals surface area contributed by atoms with Gasteiger partial charge in [0.15, 0.2) is 0 Å². The number of amides is 1. The summed E-state index contributed by atoms with van der Waals surface area (Å²) < 4.78 is 0. The highest BCUT2D eigenvalue weighted by Crippen LogP contribution is 2.24. The van der Waals surface area contributed by atoms with E-state index in [1.54, 1.807) is 0 Å². The standard InChI is InChI=1S/C16H32N4O/c1-2-8-18-15(16(17)21)7-9-19-10-12-20(13-11-19)14-5-3-4-6-14/h14-15,18H,2-13H2,1H3,(H2,17,21). The Balaban J connectivity index is 1.66. The number of hydrogen-bond donors (Lipinski definition) is 2. The van der Waals surface area contributed by atoms with Gasteiger partial charge in [-0.2, -0.15) is 0 Å². The third-order valence-corrected chi connectivity index (χ3v) is 4.97. The van der Waals surface area contributed by atoms with Crippen molar-refractivity contribution in [2.75, 3.05) is 39.3 Å². The molecule has 122 valence electrons. The van der Waals surface area contributed by atoms with E-state index in [4.69, 9.17) is 5.73 Å². The van der Waals surface area contributed by atoms with Gasteiger partial charge in [0.2, 0.25) is 5.91 Å². The Hall–Kier alpha value is -0.650. The minimum absolute atomic E-state index is 0.169. The Morgan fingerprint density at radius 2 is 1.90 bits per heavy atom. The van der Waals surface area contributed by atoms with E-state index in [1.165, 1.54) is 38.8 Å². The summed E-state index contributed by atoms with van der Waals surface area (Å²) in [5.41, 5.74) is 5.47. The molecule has 1 unspecified atom stereocenters. The molecule has 1 aliphatic carbocycles. The quantitative estimate of drug-likeness (QED) is 0.695. The first-order chi connectivity index (χ1) is 10.2. The Labute approximate surface area is 129 Å². The molecule has 2 rings (SSSR count). The van der Waals surface area contributed by atoms with Gasteiger partial charge < -0.3 is 16.0 Å². The van der Waals surface area contributed by atoms with Crippen LogP contribution in [0.5, 0.6) is 0 Å². The fraction of sp³-hybridized carbons (Fsp3) is 0.938. The highest BCUT2D eigenvalue weighted by Gasteiger charge is 2.26. The molecule has 1 aliphatic heterocycles. The Bertz CT molecular complexity index is 309. The summed E-state index contributed by atoms with van der Waals surface area (Å²) in [5.74, 6) is -0.215. The zero-order valence-corrected chi connectivity index (χ0v) is 13.5. The predicted molar refractivity (Wildman–Crippen MR) is 86.2 cm³/mol. The summed E-state index contributed by atoms with van der Waals surface area (Å²) >= 11 is 0. The van der Waals surface area contributed by atoms with Crippen LogP contribution in [0.3, 0.4) is 0 Å². The van der Waals surface area contributed by atoms with Gasteiger partial charge in [-0.1, -0.05) is 19.8 Å². The van der Waals surface area contributed by atoms with Gasteiger partial charge in [0, 0.05) is 38.8 Å². The molecule has 0 radical (unpaired) electrons. The summed E-state index contributed by atoms with van der Waals surface area (Å²) in [5, 5.41) is 3.25. The van der Waals surface area contributed by atoms with Crippen molar-refractivity contribution >= 4 is 5.91 Å². The largest absolute Gasteiger partial charge is 0.368 e. The Morgan fingerprint density at radius 3 is 2.48 bits per heavy atom. The van der Waals surface area contributed by atoms with Crippen LogP contribution in [0.25, 0.3) is 0 Å². The number of hydrogen-bond acceptors (Lipinski definition) is 4. The molecule has 3 N–H and O–H groups in total. The van der Waals surface area contributed by atoms with Crippen molar-refractivity contribution in [2.24, 2.45) is 5.73 Å². The lowest BCUT2D eigenvalue weighted by atomic mass is 10.1. The Morgan fingerprint density at radius 1 is 1.24 bits per heavy atom. The average molecular weight is 296 g/mol. The van der Waals surface area contributed by atoms with E-state index in [1.807, 2.05) is 0 Å². The van der Waals surface area contributed by atoms with E-state index in [9.17, 15) is 4.79 Å². The Kier molecular flexibility index (Phi) is 6.93. The zero-order chi connectivity index (χ0) is 15.1. The van der Waals surface area contributed by atoms with Crippen LogP contribution in [-0.4, -0.2) is 67.1 Å². The van der Waals surface area contributed by atoms with Crippen molar-refractivity contribution in [3.05, 3.63) is 0 Å². The number of primary amides is 1. The highest BCUT2D eigenvalue weighted by molar-refractivity contribution is 5.79. The summed E-state index contributed by atoms with van der Waals surface area (Å²) in [6.07, 6.45) is 7.47. The van der Waals surface area contributed by atoms with E-state index in [-0.39, 0.29) is 11.9 Å². The molecule has 1 amide bonds. The molecule has 0 aromatic heterocycles. The topological polar surface area (TPSA) is 61.6 Å². The van der Waals surface area contributed by atoms with Crippen LogP contribution in [0.15, 0.2) is 0 Å². The van der Waals surface area contributed by atoms with Crippen LogP contribution >= 0.6 is 0 Å². The molecule has 0 spiro atoms. The highest BCUT2D eigenvalue weighted by atomic mass is 16.1. The van der Waals surface area contributed by atoms with Crippen molar-refractivity contribution < 1.29 is 4.79 Å². The normalized spacial score (nSPS) is 23.5. The SMILES string of the molecule is CCCNC(CCN1CCN(C2CCCC2)CC1)C(N)=O. The molecule has 21 heavy (non-hydrogen) atoms. The first-order valence-electron chi connectivity index (χ1n) is 8.69. The molecule has 5 nitrogen and oxygen atoms in total. The zero-order valence-electron chi connectivity index (χ0n) is 13.5. The van der Waals surface area contributed by atoms with Crippen LogP contribution in [0.4, 0.5) is 0 Å². The fourth-order valence-corrected chi connectivity index (χ4v) is 3.60. The second-order valence-electron chi connectivity index (χ2n) is 6.51. The number of nitrogens with zero attached hydrogens (tertiary/aromatic N) is 2. The van der Waals surface area contributed by atoms with E-state index in [2.05, 4.69) is 22.0 Å². The van der Waals surface area contributed by atoms with Gasteiger partial charge in [-0.25, -0.2) is 0 Å². The van der Waals surface area contributed by atoms with Gasteiger partial charge >= 0.3 is 0 Å². The van der Waals surface area contributed by atoms with Crippen LogP contribution in [0.2, 0.25) is 0 Å². The second-order valence-corrected chi connectivity index (χ2v) is 6.51. The molecule has 2 aliphatic rings. The maximum absolute atomic E-state index is 11.4. The fourth-order valence-electron chi connectivity index (χ4n) is 3.60. The van der Waals surface area contributed by atoms with Crippen LogP contribution in [0, 0.1) is 0 Å². The molecule has 1 saturated heterocycles. The van der Waals surface area contributed by atoms with Crippen molar-refractivity contribution in [3.63, 3.8) is 0 Å². The maximum atomic E-state index is 11.4. The first kappa shape index (κ1) is 16.7. The maximum Gasteiger partial charge on any atom is 0.234 e. The second kappa shape index (κ2) is 8.71. The van der Waals surface area contributed by atoms with Gasteiger partial charge in [0.1, 0.15) is 0 Å². The monoisotopic (exact) mass is 296 g/mol. The van der Waals surface area contributed by atoms with Crippen LogP contribution in [0.1, 0.15) is 45.4 Å². The number of carbonyl (C=O) groups is 1. The van der Waals surface area contributed by atoms with E-state index >= 15 is 0 Å². The lowest BCUT2D eigenvalue weighted by Crippen LogP contribution is -2.51. The van der Waals surface area contributed by atoms with Gasteiger partial charge in [-0.05, 0) is 32.2 Å². The lowest BCUT2D eigenvalue weighted by Gasteiger charge is -2.38.